The average molecular weight is 331 g/mol. The molecule has 7 heteroatoms. The monoisotopic (exact) mass is 330 g/mol. The van der Waals surface area contributed by atoms with E-state index in [1.54, 1.807) is 30.3 Å². The molecule has 0 amide bonds. The molecule has 2 N–H and O–H groups in total. The van der Waals surface area contributed by atoms with Gasteiger partial charge in [-0.25, -0.2) is 13.1 Å². The molecule has 2 aromatic rings. The molecule has 0 saturated carbocycles. The predicted molar refractivity (Wildman–Crippen MR) is 82.6 cm³/mol. The fraction of sp³-hybridized carbons (Fsp3) is 0.231. The molecular weight excluding hydrogens is 316 g/mol. The standard InChI is InChI=1S/C13H15ClN2O2S2/c1-15-7-11-6-13(19-9-11)20(17,18)16-8-10-2-4-12(14)5-3-10/h2-6,9,15-16H,7-8H2,1H3. The van der Waals surface area contributed by atoms with Crippen LogP contribution >= 0.6 is 22.9 Å². The van der Waals surface area contributed by atoms with E-state index in [1.165, 1.54) is 11.3 Å². The Morgan fingerprint density at radius 1 is 1.15 bits per heavy atom. The smallest absolute Gasteiger partial charge is 0.250 e. The van der Waals surface area contributed by atoms with E-state index in [2.05, 4.69) is 10.0 Å². The van der Waals surface area contributed by atoms with E-state index >= 15 is 0 Å². The van der Waals surface area contributed by atoms with E-state index in [0.29, 0.717) is 15.8 Å². The van der Waals surface area contributed by atoms with Crippen LogP contribution < -0.4 is 10.0 Å². The lowest BCUT2D eigenvalue weighted by Gasteiger charge is -2.05. The summed E-state index contributed by atoms with van der Waals surface area (Å²) in [6.45, 7) is 0.905. The highest BCUT2D eigenvalue weighted by Crippen LogP contribution is 2.20. The van der Waals surface area contributed by atoms with E-state index in [1.807, 2.05) is 12.4 Å². The fourth-order valence-corrected chi connectivity index (χ4v) is 4.04. The summed E-state index contributed by atoms with van der Waals surface area (Å²) >= 11 is 7.01. The number of nitrogens with one attached hydrogen (secondary N) is 2. The molecule has 0 atom stereocenters. The molecule has 1 aromatic heterocycles. The van der Waals surface area contributed by atoms with E-state index < -0.39 is 10.0 Å². The van der Waals surface area contributed by atoms with Gasteiger partial charge in [-0.3, -0.25) is 0 Å². The highest BCUT2D eigenvalue weighted by Gasteiger charge is 2.16. The molecule has 1 aromatic carbocycles. The summed E-state index contributed by atoms with van der Waals surface area (Å²) in [6, 6.07) is 8.76. The maximum absolute atomic E-state index is 12.1. The lowest BCUT2D eigenvalue weighted by atomic mass is 10.2. The van der Waals surface area contributed by atoms with Gasteiger partial charge < -0.3 is 5.32 Å². The molecular formula is C13H15ClN2O2S2. The highest BCUT2D eigenvalue weighted by molar-refractivity contribution is 7.91. The molecule has 4 nitrogen and oxygen atoms in total. The Morgan fingerprint density at radius 2 is 1.85 bits per heavy atom. The van der Waals surface area contributed by atoms with Gasteiger partial charge in [0, 0.05) is 18.1 Å². The zero-order chi connectivity index (χ0) is 14.6. The van der Waals surface area contributed by atoms with Crippen molar-refractivity contribution in [1.29, 1.82) is 0 Å². The summed E-state index contributed by atoms with van der Waals surface area (Å²) in [6.07, 6.45) is 0. The van der Waals surface area contributed by atoms with E-state index in [0.717, 1.165) is 11.1 Å². The Hall–Kier alpha value is -0.920. The van der Waals surface area contributed by atoms with Crippen molar-refractivity contribution in [3.8, 4) is 0 Å². The minimum Gasteiger partial charge on any atom is -0.316 e. The van der Waals surface area contributed by atoms with Gasteiger partial charge in [-0.05, 0) is 41.8 Å². The molecule has 0 spiro atoms. The number of rotatable bonds is 6. The van der Waals surface area contributed by atoms with Crippen LogP contribution in [0.5, 0.6) is 0 Å². The van der Waals surface area contributed by atoms with Crippen molar-refractivity contribution in [2.75, 3.05) is 7.05 Å². The first-order valence-electron chi connectivity index (χ1n) is 5.97. The predicted octanol–water partition coefficient (Wildman–Crippen LogP) is 2.60. The quantitative estimate of drug-likeness (QED) is 0.856. The number of benzene rings is 1. The highest BCUT2D eigenvalue weighted by atomic mass is 35.5. The van der Waals surface area contributed by atoms with Crippen LogP contribution in [0.3, 0.4) is 0 Å². The van der Waals surface area contributed by atoms with Gasteiger partial charge in [0.2, 0.25) is 10.0 Å². The first kappa shape index (κ1) is 15.5. The molecule has 0 aliphatic heterocycles. The fourth-order valence-electron chi connectivity index (χ4n) is 1.64. The van der Waals surface area contributed by atoms with Crippen LogP contribution in [-0.4, -0.2) is 15.5 Å². The van der Waals surface area contributed by atoms with Crippen LogP contribution in [0.4, 0.5) is 0 Å². The van der Waals surface area contributed by atoms with E-state index in [4.69, 9.17) is 11.6 Å². The van der Waals surface area contributed by atoms with Gasteiger partial charge in [0.25, 0.3) is 0 Å². The van der Waals surface area contributed by atoms with Crippen LogP contribution in [0.15, 0.2) is 39.9 Å². The Morgan fingerprint density at radius 3 is 2.50 bits per heavy atom. The van der Waals surface area contributed by atoms with Crippen LogP contribution in [0.2, 0.25) is 5.02 Å². The van der Waals surface area contributed by atoms with Crippen molar-refractivity contribution in [2.24, 2.45) is 0 Å². The van der Waals surface area contributed by atoms with E-state index in [-0.39, 0.29) is 6.54 Å². The summed E-state index contributed by atoms with van der Waals surface area (Å²) in [4.78, 5) is 0. The molecule has 0 unspecified atom stereocenters. The zero-order valence-corrected chi connectivity index (χ0v) is 13.3. The van der Waals surface area contributed by atoms with Gasteiger partial charge in [-0.2, -0.15) is 0 Å². The van der Waals surface area contributed by atoms with Crippen molar-refractivity contribution in [2.45, 2.75) is 17.3 Å². The summed E-state index contributed by atoms with van der Waals surface area (Å²) in [5.41, 5.74) is 1.83. The SMILES string of the molecule is CNCc1csc(S(=O)(=O)NCc2ccc(Cl)cc2)c1. The normalized spacial score (nSPS) is 11.7. The third-order valence-electron chi connectivity index (χ3n) is 2.66. The Balaban J connectivity index is 2.04. The maximum atomic E-state index is 12.1. The van der Waals surface area contributed by atoms with Crippen molar-refractivity contribution >= 4 is 33.0 Å². The van der Waals surface area contributed by atoms with Crippen molar-refractivity contribution in [3.63, 3.8) is 0 Å². The molecule has 0 radical (unpaired) electrons. The summed E-state index contributed by atoms with van der Waals surface area (Å²) < 4.78 is 27.2. The van der Waals surface area contributed by atoms with Gasteiger partial charge in [-0.15, -0.1) is 11.3 Å². The Bertz CT molecular complexity index is 666. The number of sulfonamides is 1. The second-order valence-corrected chi connectivity index (χ2v) is 7.60. The number of hydrogen-bond donors (Lipinski definition) is 2. The van der Waals surface area contributed by atoms with Gasteiger partial charge in [0.1, 0.15) is 4.21 Å². The van der Waals surface area contributed by atoms with Crippen LogP contribution in [-0.2, 0) is 23.1 Å². The molecule has 1 heterocycles. The molecule has 20 heavy (non-hydrogen) atoms. The number of thiophene rings is 1. The topological polar surface area (TPSA) is 58.2 Å². The summed E-state index contributed by atoms with van der Waals surface area (Å²) in [7, 11) is -1.63. The third-order valence-corrected chi connectivity index (χ3v) is 5.80. The maximum Gasteiger partial charge on any atom is 0.250 e. The van der Waals surface area contributed by atoms with Gasteiger partial charge in [0.15, 0.2) is 0 Å². The summed E-state index contributed by atoms with van der Waals surface area (Å²) in [5, 5.41) is 5.46. The largest absolute Gasteiger partial charge is 0.316 e. The lowest BCUT2D eigenvalue weighted by molar-refractivity contribution is 0.583. The van der Waals surface area contributed by atoms with Gasteiger partial charge in [-0.1, -0.05) is 23.7 Å². The van der Waals surface area contributed by atoms with Crippen molar-refractivity contribution in [1.82, 2.24) is 10.0 Å². The Labute approximate surface area is 127 Å². The number of halogens is 1. The first-order valence-corrected chi connectivity index (χ1v) is 8.71. The molecule has 0 fully saturated rings. The van der Waals surface area contributed by atoms with Crippen molar-refractivity contribution < 1.29 is 8.42 Å². The molecule has 0 aliphatic carbocycles. The molecule has 0 aliphatic rings. The molecule has 0 bridgehead atoms. The minimum absolute atomic E-state index is 0.249. The van der Waals surface area contributed by atoms with E-state index in [9.17, 15) is 8.42 Å². The average Bonchev–Trinajstić information content (AvgIpc) is 2.88. The Kier molecular flexibility index (Phi) is 5.17. The van der Waals surface area contributed by atoms with Crippen molar-refractivity contribution in [3.05, 3.63) is 51.9 Å². The minimum atomic E-state index is -3.46. The molecule has 108 valence electrons. The molecule has 0 saturated heterocycles. The number of hydrogen-bond acceptors (Lipinski definition) is 4. The van der Waals surface area contributed by atoms with Crippen LogP contribution in [0.1, 0.15) is 11.1 Å². The first-order chi connectivity index (χ1) is 9.51. The van der Waals surface area contributed by atoms with Gasteiger partial charge >= 0.3 is 0 Å². The second kappa shape index (κ2) is 6.69. The third kappa shape index (κ3) is 4.04. The lowest BCUT2D eigenvalue weighted by Crippen LogP contribution is -2.22. The van der Waals surface area contributed by atoms with Crippen LogP contribution in [0, 0.1) is 0 Å². The second-order valence-electron chi connectivity index (χ2n) is 4.26. The molecule has 2 rings (SSSR count). The summed E-state index contributed by atoms with van der Waals surface area (Å²) in [5.74, 6) is 0. The zero-order valence-electron chi connectivity index (χ0n) is 10.9. The van der Waals surface area contributed by atoms with Gasteiger partial charge in [0.05, 0.1) is 0 Å². The van der Waals surface area contributed by atoms with Crippen LogP contribution in [0.25, 0.3) is 0 Å².